The molecule has 2 fully saturated rings. The number of phenols is 4. The third-order valence-corrected chi connectivity index (χ3v) is 25.8. The van der Waals surface area contributed by atoms with Crippen LogP contribution in [0.1, 0.15) is 182 Å². The number of anilines is 2. The molecule has 664 valence electrons. The van der Waals surface area contributed by atoms with Crippen LogP contribution < -0.4 is 41.5 Å². The molecule has 0 aliphatic carbocycles. The second kappa shape index (κ2) is 36.6. The number of likely N-dealkylation sites (tertiary alicyclic amines) is 2. The Morgan fingerprint density at radius 2 is 0.828 bits per heavy atom. The lowest BCUT2D eigenvalue weighted by molar-refractivity contribution is -0.161. The van der Waals surface area contributed by atoms with Crippen LogP contribution in [0.5, 0.6) is 34.5 Å². The van der Waals surface area contributed by atoms with Crippen molar-refractivity contribution in [3.8, 4) is 34.5 Å². The summed E-state index contributed by atoms with van der Waals surface area (Å²) in [6.45, 7) is 39.1. The number of allylic oxidation sites excluding steroid dienone is 4. The molecule has 2 spiro atoms. The van der Waals surface area contributed by atoms with E-state index in [0.717, 1.165) is 39.3 Å². The minimum atomic E-state index is -1.95. The number of ether oxygens (including phenoxy) is 8. The van der Waals surface area contributed by atoms with Gasteiger partial charge in [0.25, 0.3) is 23.4 Å². The first kappa shape index (κ1) is 93.0. The summed E-state index contributed by atoms with van der Waals surface area (Å²) in [5.41, 5.74) is -0.222. The monoisotopic (exact) mass is 1690 g/mol. The molecule has 30 nitrogen and oxygen atoms in total. The molecule has 8 aliphatic rings. The molecule has 8 heterocycles. The van der Waals surface area contributed by atoms with Crippen molar-refractivity contribution in [2.75, 3.05) is 64.1 Å². The zero-order chi connectivity index (χ0) is 89.8. The fourth-order valence-corrected chi connectivity index (χ4v) is 18.5. The lowest BCUT2D eigenvalue weighted by Crippen LogP contribution is -2.47. The van der Waals surface area contributed by atoms with E-state index < -0.39 is 166 Å². The standard InChI is InChI=1S/2C46H62N4O11/c2*1-22(2)21-50-18-16-46(17-19-50)48-34-31-32-39(54)28(8)42-33(31)43(56)45(10,61-42)59-20-15-30(58-11)25(5)41(60-29(9)51)27(7)38(53)26(6)37(52)23(3)13-12-14-24(4)44(57)47-36(40(32)55)35(34)49-46/h2*12-15,20,22-23,25-27,30,37-38,41,48,52-55H,16-19,21H2,1-11H3/b2*13-12+,20-15+,24-14-,47-36?/t2*23-,25+,26+,27+,30-,37-,38+,41+,45-/m00/s1. The van der Waals surface area contributed by atoms with E-state index in [9.17, 15) is 69.6 Å². The minimum absolute atomic E-state index is 0.0538. The van der Waals surface area contributed by atoms with Crippen LogP contribution in [0.25, 0.3) is 21.5 Å². The van der Waals surface area contributed by atoms with Gasteiger partial charge in [-0.25, -0.2) is 9.98 Å². The summed E-state index contributed by atoms with van der Waals surface area (Å²) in [6, 6.07) is 0. The topological polar surface area (TPSA) is 418 Å². The number of Topliss-reactive ketones (excluding diaryl/α,β-unsaturated/α-hetero) is 2. The van der Waals surface area contributed by atoms with E-state index in [0.29, 0.717) is 48.9 Å². The second-order valence-electron chi connectivity index (χ2n) is 36.0. The van der Waals surface area contributed by atoms with Crippen molar-refractivity contribution < 1.29 is 108 Å². The molecule has 18 atom stereocenters. The fraction of sp³-hybridized carbons (Fsp3) is 0.587. The van der Waals surface area contributed by atoms with Crippen molar-refractivity contribution in [1.29, 1.82) is 0 Å². The van der Waals surface area contributed by atoms with Gasteiger partial charge in [0.1, 0.15) is 68.0 Å². The highest BCUT2D eigenvalue weighted by Gasteiger charge is 2.54. The molecule has 2 amide bonds. The van der Waals surface area contributed by atoms with Crippen molar-refractivity contribution in [1.82, 2.24) is 9.80 Å². The minimum Gasteiger partial charge on any atom is -0.507 e. The number of amides is 2. The van der Waals surface area contributed by atoms with E-state index in [1.807, 2.05) is 0 Å². The summed E-state index contributed by atoms with van der Waals surface area (Å²) in [6.07, 6.45) is 10.1. The average Bonchev–Trinajstić information content (AvgIpc) is 1.59. The number of nitrogens with one attached hydrogen (secondary N) is 2. The Morgan fingerprint density at radius 1 is 0.492 bits per heavy atom. The van der Waals surface area contributed by atoms with E-state index in [4.69, 9.17) is 47.9 Å². The van der Waals surface area contributed by atoms with Gasteiger partial charge in [-0.2, -0.15) is 0 Å². The Morgan fingerprint density at radius 3 is 1.14 bits per heavy atom. The SMILES string of the molecule is CO[C@H]1/C=C/O[C@@]2(C)Oc3c(C)c(O)c4c(O)c(c5c(c4c3C2=O)NC2(CCN(CC(C)C)CC2)N=5)=NC(=O)/C(C)=C\C=C\[C@H](C)[C@H](O)[C@@H](C)[C@@H](O)[C@@H](C)[C@H](OC(C)=O)[C@@H]1C.CO[C@H]1/C=C/O[C@@]2(C)Oc3c(C)c(O)c4c(O)c(c5c(c4c3C2=O)NC2(CCN(CC(C)C)CC2)N=5)=NC(=O)/C(C)=C\C=C\[C@H](C)[C@H](O)[C@@H](C)[C@@H](O)[C@@H](C)[C@H](OC(C)=O)[C@@H]1C. The van der Waals surface area contributed by atoms with Crippen LogP contribution in [-0.4, -0.2) is 211 Å². The third kappa shape index (κ3) is 18.0. The molecule has 0 saturated carbocycles. The quantitative estimate of drug-likeness (QED) is 0.0579. The van der Waals surface area contributed by atoms with Crippen molar-refractivity contribution in [2.24, 2.45) is 79.1 Å². The van der Waals surface area contributed by atoms with Gasteiger partial charge in [-0.05, 0) is 51.7 Å². The number of esters is 2. The number of piperidine rings is 2. The van der Waals surface area contributed by atoms with Gasteiger partial charge in [0.2, 0.25) is 0 Å². The van der Waals surface area contributed by atoms with Crippen molar-refractivity contribution in [3.63, 3.8) is 0 Å². The first-order valence-electron chi connectivity index (χ1n) is 42.4. The largest absolute Gasteiger partial charge is 0.507 e. The number of aliphatic hydroxyl groups excluding tert-OH is 4. The second-order valence-corrected chi connectivity index (χ2v) is 36.0. The lowest BCUT2D eigenvalue weighted by atomic mass is 9.78. The number of hydrogen-bond donors (Lipinski definition) is 10. The summed E-state index contributed by atoms with van der Waals surface area (Å²) in [7, 11) is 2.94. The highest BCUT2D eigenvalue weighted by molar-refractivity contribution is 6.23. The van der Waals surface area contributed by atoms with E-state index in [2.05, 4.69) is 58.1 Å². The molecule has 30 heteroatoms. The Labute approximate surface area is 711 Å². The van der Waals surface area contributed by atoms with Crippen LogP contribution in [0.3, 0.4) is 0 Å². The molecule has 0 aromatic heterocycles. The van der Waals surface area contributed by atoms with Crippen LogP contribution in [0.15, 0.2) is 92.2 Å². The van der Waals surface area contributed by atoms with Crippen LogP contribution in [0.2, 0.25) is 0 Å². The molecule has 12 rings (SSSR count). The molecule has 8 aliphatic heterocycles. The number of fused-ring (bicyclic) bond motifs is 2. The zero-order valence-electron chi connectivity index (χ0n) is 74.2. The number of methoxy groups -OCH3 is 2. The Kier molecular flexibility index (Phi) is 27.9. The van der Waals surface area contributed by atoms with Gasteiger partial charge < -0.3 is 99.2 Å². The maximum Gasteiger partial charge on any atom is 0.312 e. The molecule has 8 bridgehead atoms. The van der Waals surface area contributed by atoms with Crippen LogP contribution in [0.4, 0.5) is 11.4 Å². The van der Waals surface area contributed by atoms with Gasteiger partial charge in [-0.3, -0.25) is 38.8 Å². The number of carbonyl (C=O) groups is 6. The number of benzene rings is 4. The van der Waals surface area contributed by atoms with Gasteiger partial charge >= 0.3 is 23.5 Å². The summed E-state index contributed by atoms with van der Waals surface area (Å²) in [5, 5.41) is 101. The summed E-state index contributed by atoms with van der Waals surface area (Å²) >= 11 is 0. The van der Waals surface area contributed by atoms with Gasteiger partial charge in [0.15, 0.2) is 11.5 Å². The Bertz CT molecular complexity index is 4910. The Hall–Kier alpha value is -9.66. The van der Waals surface area contributed by atoms with Gasteiger partial charge in [-0.1, -0.05) is 120 Å². The third-order valence-electron chi connectivity index (χ3n) is 25.8. The highest BCUT2D eigenvalue weighted by Crippen LogP contribution is 2.54. The van der Waals surface area contributed by atoms with Gasteiger partial charge in [0, 0.05) is 187 Å². The normalized spacial score (nSPS) is 32.7. The van der Waals surface area contributed by atoms with Crippen LogP contribution in [-0.2, 0) is 47.6 Å². The summed E-state index contributed by atoms with van der Waals surface area (Å²) < 4.78 is 48.0. The Balaban J connectivity index is 0.000000238. The fourth-order valence-electron chi connectivity index (χ4n) is 18.5. The maximum absolute atomic E-state index is 14.7. The molecular formula is C92H124N8O22. The number of phenolic OH excluding ortho intramolecular Hbond substituents is 4. The van der Waals surface area contributed by atoms with Gasteiger partial charge in [0.05, 0.1) is 82.4 Å². The molecule has 2 saturated heterocycles. The molecule has 4 aromatic carbocycles. The van der Waals surface area contributed by atoms with E-state index >= 15 is 0 Å². The molecule has 0 unspecified atom stereocenters. The predicted octanol–water partition coefficient (Wildman–Crippen LogP) is 9.50. The van der Waals surface area contributed by atoms with E-state index in [-0.39, 0.29) is 99.4 Å². The number of aromatic hydroxyl groups is 4. The zero-order valence-corrected chi connectivity index (χ0v) is 74.2. The maximum atomic E-state index is 14.7. The average molecular weight is 1690 g/mol. The van der Waals surface area contributed by atoms with Crippen molar-refractivity contribution >= 4 is 68.2 Å². The molecular weight excluding hydrogens is 1570 g/mol. The van der Waals surface area contributed by atoms with E-state index in [1.54, 1.807) is 132 Å². The number of carbonyl (C=O) groups excluding carboxylic acids is 6. The summed E-state index contributed by atoms with van der Waals surface area (Å²) in [4.78, 5) is 106. The molecule has 0 radical (unpaired) electrons. The molecule has 10 N–H and O–H groups in total. The van der Waals surface area contributed by atoms with Crippen LogP contribution in [0, 0.1) is 73.0 Å². The number of hydrogen-bond acceptors (Lipinski definition) is 28. The van der Waals surface area contributed by atoms with Crippen molar-refractivity contribution in [2.45, 2.75) is 236 Å². The van der Waals surface area contributed by atoms with E-state index in [1.165, 1.54) is 54.4 Å². The predicted molar refractivity (Wildman–Crippen MR) is 455 cm³/mol. The molecule has 4 aromatic rings. The van der Waals surface area contributed by atoms with Gasteiger partial charge in [-0.15, -0.1) is 0 Å². The number of rotatable bonds is 8. The van der Waals surface area contributed by atoms with Crippen LogP contribution >= 0.6 is 0 Å². The number of ketones is 2. The number of aliphatic hydroxyl groups is 4. The first-order valence-corrected chi connectivity index (χ1v) is 42.4. The van der Waals surface area contributed by atoms with Crippen molar-refractivity contribution in [3.05, 3.63) is 116 Å². The highest BCUT2D eigenvalue weighted by atomic mass is 16.7. The smallest absolute Gasteiger partial charge is 0.312 e. The summed E-state index contributed by atoms with van der Waals surface area (Å²) in [5.74, 6) is -13.1. The number of nitrogens with zero attached hydrogens (tertiary/aromatic N) is 6. The molecule has 122 heavy (non-hydrogen) atoms. The first-order chi connectivity index (χ1) is 57.3. The lowest BCUT2D eigenvalue weighted by Gasteiger charge is -2.38.